The first-order valence-electron chi connectivity index (χ1n) is 11.3. The molecule has 5 nitrogen and oxygen atoms in total. The highest BCUT2D eigenvalue weighted by atomic mass is 16.5. The molecule has 1 fully saturated rings. The molecule has 3 aromatic carbocycles. The maximum atomic E-state index is 6.41. The lowest BCUT2D eigenvalue weighted by Crippen LogP contribution is -2.38. The van der Waals surface area contributed by atoms with E-state index in [-0.39, 0.29) is 5.92 Å². The maximum absolute atomic E-state index is 6.41. The zero-order valence-corrected chi connectivity index (χ0v) is 17.4. The van der Waals surface area contributed by atoms with Gasteiger partial charge in [-0.2, -0.15) is 0 Å². The molecule has 156 valence electrons. The minimum atomic E-state index is 0.231. The largest absolute Gasteiger partial charge is 0.457 e. The summed E-state index contributed by atoms with van der Waals surface area (Å²) in [5.74, 6) is 2.20. The smallest absolute Gasteiger partial charge is 0.133 e. The molecule has 7 rings (SSSR count). The average Bonchev–Trinajstić information content (AvgIpc) is 2.81. The van der Waals surface area contributed by atoms with Crippen molar-refractivity contribution >= 4 is 22.7 Å². The van der Waals surface area contributed by atoms with Gasteiger partial charge in [-0.3, -0.25) is 4.90 Å². The van der Waals surface area contributed by atoms with Gasteiger partial charge in [-0.05, 0) is 42.8 Å². The van der Waals surface area contributed by atoms with E-state index in [1.54, 1.807) is 0 Å². The summed E-state index contributed by atoms with van der Waals surface area (Å²) in [6.07, 6.45) is 1.12. The molecule has 0 radical (unpaired) electrons. The molecule has 0 spiro atoms. The molecule has 4 heterocycles. The Bertz CT molecular complexity index is 1110. The molecule has 4 aliphatic rings. The Kier molecular flexibility index (Phi) is 3.84. The van der Waals surface area contributed by atoms with Crippen LogP contribution in [0.4, 0.5) is 22.7 Å². The summed E-state index contributed by atoms with van der Waals surface area (Å²) in [4.78, 5) is 5.03. The van der Waals surface area contributed by atoms with E-state index in [0.717, 1.165) is 63.0 Å². The van der Waals surface area contributed by atoms with Crippen molar-refractivity contribution in [3.63, 3.8) is 0 Å². The van der Waals surface area contributed by atoms with Crippen molar-refractivity contribution in [2.24, 2.45) is 0 Å². The zero-order chi connectivity index (χ0) is 20.4. The molecule has 0 aliphatic carbocycles. The minimum Gasteiger partial charge on any atom is -0.457 e. The Hall–Kier alpha value is -3.02. The maximum Gasteiger partial charge on any atom is 0.133 e. The number of hydrogen-bond acceptors (Lipinski definition) is 5. The highest BCUT2D eigenvalue weighted by Gasteiger charge is 2.42. The van der Waals surface area contributed by atoms with Gasteiger partial charge in [0, 0.05) is 71.5 Å². The van der Waals surface area contributed by atoms with Crippen LogP contribution in [0.3, 0.4) is 0 Å². The minimum absolute atomic E-state index is 0.231. The molecule has 0 saturated carbocycles. The molecular weight excluding hydrogens is 386 g/mol. The van der Waals surface area contributed by atoms with Crippen LogP contribution >= 0.6 is 0 Å². The fourth-order valence-corrected chi connectivity index (χ4v) is 5.73. The second-order valence-electron chi connectivity index (χ2n) is 8.76. The lowest BCUT2D eigenvalue weighted by molar-refractivity contribution is 0.0377. The molecular formula is C26H25N3O2. The number of morpholine rings is 1. The van der Waals surface area contributed by atoms with Crippen LogP contribution in [0.1, 0.15) is 29.0 Å². The Balaban J connectivity index is 1.32. The van der Waals surface area contributed by atoms with E-state index < -0.39 is 0 Å². The van der Waals surface area contributed by atoms with Crippen LogP contribution in [0.15, 0.2) is 54.6 Å². The summed E-state index contributed by atoms with van der Waals surface area (Å²) >= 11 is 0. The molecule has 1 unspecified atom stereocenters. The monoisotopic (exact) mass is 411 g/mol. The molecule has 1 atom stereocenters. The van der Waals surface area contributed by atoms with E-state index in [4.69, 9.17) is 9.47 Å². The van der Waals surface area contributed by atoms with Gasteiger partial charge in [0.2, 0.25) is 0 Å². The van der Waals surface area contributed by atoms with Gasteiger partial charge in [-0.25, -0.2) is 0 Å². The van der Waals surface area contributed by atoms with Crippen molar-refractivity contribution < 1.29 is 9.47 Å². The van der Waals surface area contributed by atoms with Crippen molar-refractivity contribution in [3.8, 4) is 11.5 Å². The van der Waals surface area contributed by atoms with Crippen LogP contribution in [0.25, 0.3) is 0 Å². The molecule has 0 aromatic heterocycles. The van der Waals surface area contributed by atoms with E-state index in [2.05, 4.69) is 69.7 Å². The first-order chi connectivity index (χ1) is 15.4. The van der Waals surface area contributed by atoms with Crippen LogP contribution in [0.2, 0.25) is 0 Å². The zero-order valence-electron chi connectivity index (χ0n) is 17.4. The molecule has 4 aliphatic heterocycles. The lowest BCUT2D eigenvalue weighted by atomic mass is 9.75. The quantitative estimate of drug-likeness (QED) is 0.440. The molecule has 31 heavy (non-hydrogen) atoms. The third kappa shape index (κ3) is 2.57. The Morgan fingerprint density at radius 2 is 1.45 bits per heavy atom. The number of anilines is 4. The van der Waals surface area contributed by atoms with Crippen LogP contribution in [-0.2, 0) is 4.74 Å². The fraction of sp³-hybridized carbons (Fsp3) is 0.308. The van der Waals surface area contributed by atoms with Crippen LogP contribution in [0.5, 0.6) is 11.5 Å². The van der Waals surface area contributed by atoms with Crippen LogP contribution in [-0.4, -0.2) is 44.3 Å². The van der Waals surface area contributed by atoms with Crippen LogP contribution in [0, 0.1) is 0 Å². The Labute approximate surface area is 182 Å². The van der Waals surface area contributed by atoms with Crippen molar-refractivity contribution in [3.05, 3.63) is 71.3 Å². The van der Waals surface area contributed by atoms with Crippen molar-refractivity contribution in [1.82, 2.24) is 4.90 Å². The van der Waals surface area contributed by atoms with Gasteiger partial charge in [0.05, 0.1) is 13.2 Å². The number of nitrogens with one attached hydrogen (secondary N) is 1. The molecule has 0 amide bonds. The predicted molar refractivity (Wildman–Crippen MR) is 123 cm³/mol. The first kappa shape index (κ1) is 17.6. The number of rotatable bonds is 4. The van der Waals surface area contributed by atoms with E-state index >= 15 is 0 Å². The van der Waals surface area contributed by atoms with Gasteiger partial charge in [-0.1, -0.05) is 18.2 Å². The van der Waals surface area contributed by atoms with Crippen molar-refractivity contribution in [2.45, 2.75) is 12.3 Å². The number of nitrogens with zero attached hydrogens (tertiary/aromatic N) is 2. The molecule has 3 aromatic rings. The van der Waals surface area contributed by atoms with Crippen LogP contribution < -0.4 is 15.0 Å². The van der Waals surface area contributed by atoms with E-state index in [1.165, 1.54) is 33.8 Å². The first-order valence-corrected chi connectivity index (χ1v) is 11.3. The highest BCUT2D eigenvalue weighted by molar-refractivity contribution is 5.91. The number of ether oxygens (including phenoxy) is 2. The van der Waals surface area contributed by atoms with Gasteiger partial charge in [0.25, 0.3) is 0 Å². The highest BCUT2D eigenvalue weighted by Crippen LogP contribution is 2.61. The summed E-state index contributed by atoms with van der Waals surface area (Å²) in [7, 11) is 0. The van der Waals surface area contributed by atoms with Gasteiger partial charge in [0.1, 0.15) is 11.5 Å². The predicted octanol–water partition coefficient (Wildman–Crippen LogP) is 5.20. The SMILES string of the molecule is c1cc2c3c(c1)Oc1cccc4c1C3c1c(cccc1N4CCCN1CCOCC1)N2. The topological polar surface area (TPSA) is 37.0 Å². The summed E-state index contributed by atoms with van der Waals surface area (Å²) in [5, 5.41) is 3.68. The van der Waals surface area contributed by atoms with Gasteiger partial charge in [-0.15, -0.1) is 0 Å². The van der Waals surface area contributed by atoms with E-state index in [1.807, 2.05) is 0 Å². The van der Waals surface area contributed by atoms with Crippen molar-refractivity contribution in [1.29, 1.82) is 0 Å². The summed E-state index contributed by atoms with van der Waals surface area (Å²) < 4.78 is 11.9. The van der Waals surface area contributed by atoms with Gasteiger partial charge >= 0.3 is 0 Å². The third-order valence-corrected chi connectivity index (χ3v) is 7.09. The third-order valence-electron chi connectivity index (χ3n) is 7.09. The van der Waals surface area contributed by atoms with E-state index in [9.17, 15) is 0 Å². The normalized spacial score (nSPS) is 20.0. The van der Waals surface area contributed by atoms with E-state index in [0.29, 0.717) is 0 Å². The standard InChI is InChI=1S/C26H25N3O2/c1-5-17-23-19(7-1)29(12-4-11-28-13-15-30-16-14-28)20-8-3-10-22-25(20)26(23)24-18(27-17)6-2-9-21(24)31-22/h1-3,5-10,26-27H,4,11-16H2. The molecule has 5 heteroatoms. The molecule has 1 N–H and O–H groups in total. The van der Waals surface area contributed by atoms with Gasteiger partial charge in [0.15, 0.2) is 0 Å². The summed E-state index contributed by atoms with van der Waals surface area (Å²) in [6.45, 7) is 5.89. The Morgan fingerprint density at radius 1 is 0.774 bits per heavy atom. The fourth-order valence-electron chi connectivity index (χ4n) is 5.73. The number of hydrogen-bond donors (Lipinski definition) is 1. The summed E-state index contributed by atoms with van der Waals surface area (Å²) in [6, 6.07) is 19.5. The van der Waals surface area contributed by atoms with Gasteiger partial charge < -0.3 is 19.7 Å². The summed E-state index contributed by atoms with van der Waals surface area (Å²) in [5.41, 5.74) is 8.96. The molecule has 1 saturated heterocycles. The average molecular weight is 412 g/mol. The Morgan fingerprint density at radius 3 is 2.29 bits per heavy atom. The lowest BCUT2D eigenvalue weighted by Gasteiger charge is -2.44. The molecule has 0 bridgehead atoms. The van der Waals surface area contributed by atoms with Crippen molar-refractivity contribution in [2.75, 3.05) is 49.6 Å². The number of benzene rings is 3. The second-order valence-corrected chi connectivity index (χ2v) is 8.76. The second kappa shape index (κ2) is 6.74.